The Kier molecular flexibility index (Phi) is 5.89. The van der Waals surface area contributed by atoms with E-state index >= 15 is 0 Å². The summed E-state index contributed by atoms with van der Waals surface area (Å²) in [6.45, 7) is 4.49. The summed E-state index contributed by atoms with van der Waals surface area (Å²) in [6, 6.07) is 13.9. The molecule has 0 bridgehead atoms. The van der Waals surface area contributed by atoms with Crippen molar-refractivity contribution in [3.63, 3.8) is 0 Å². The average Bonchev–Trinajstić information content (AvgIpc) is 2.64. The van der Waals surface area contributed by atoms with Gasteiger partial charge in [0.25, 0.3) is 11.7 Å². The molecule has 1 aliphatic rings. The third-order valence-electron chi connectivity index (χ3n) is 4.57. The van der Waals surface area contributed by atoms with Crippen molar-refractivity contribution in [2.24, 2.45) is 0 Å². The second-order valence-corrected chi connectivity index (χ2v) is 6.92. The molecule has 1 aromatic carbocycles. The van der Waals surface area contributed by atoms with Crippen molar-refractivity contribution >= 4 is 23.3 Å². The highest BCUT2D eigenvalue weighted by molar-refractivity contribution is 6.31. The number of aromatic nitrogens is 1. The van der Waals surface area contributed by atoms with Crippen molar-refractivity contribution in [3.8, 4) is 0 Å². The third kappa shape index (κ3) is 4.71. The summed E-state index contributed by atoms with van der Waals surface area (Å²) in [5.41, 5.74) is 1.08. The van der Waals surface area contributed by atoms with Gasteiger partial charge in [0.1, 0.15) is 19.6 Å². The summed E-state index contributed by atoms with van der Waals surface area (Å²) in [5, 5.41) is 0.766. The van der Waals surface area contributed by atoms with E-state index in [4.69, 9.17) is 11.6 Å². The Labute approximate surface area is 153 Å². The highest BCUT2D eigenvalue weighted by Crippen LogP contribution is 2.13. The Morgan fingerprint density at radius 2 is 1.84 bits per heavy atom. The number of H-pyrrole nitrogens is 1. The molecule has 1 atom stereocenters. The fourth-order valence-corrected chi connectivity index (χ4v) is 3.38. The second kappa shape index (κ2) is 8.32. The van der Waals surface area contributed by atoms with Gasteiger partial charge in [-0.15, -0.1) is 0 Å². The molecule has 2 heterocycles. The van der Waals surface area contributed by atoms with Gasteiger partial charge in [0.15, 0.2) is 6.54 Å². The van der Waals surface area contributed by atoms with Crippen molar-refractivity contribution in [1.29, 1.82) is 0 Å². The number of nitrogens with one attached hydrogen (secondary N) is 2. The predicted octanol–water partition coefficient (Wildman–Crippen LogP) is 0.518. The zero-order valence-corrected chi connectivity index (χ0v) is 15.3. The summed E-state index contributed by atoms with van der Waals surface area (Å²) < 4.78 is 0. The number of pyridine rings is 1. The van der Waals surface area contributed by atoms with Crippen LogP contribution in [-0.2, 0) is 11.3 Å². The minimum atomic E-state index is 0.209. The lowest BCUT2D eigenvalue weighted by atomic mass is 10.2. The number of benzene rings is 1. The van der Waals surface area contributed by atoms with Gasteiger partial charge in [-0.25, -0.2) is 4.98 Å². The van der Waals surface area contributed by atoms with Crippen molar-refractivity contribution in [2.45, 2.75) is 6.54 Å². The second-order valence-electron chi connectivity index (χ2n) is 6.52. The number of halogens is 1. The van der Waals surface area contributed by atoms with Gasteiger partial charge in [-0.05, 0) is 12.1 Å². The maximum Gasteiger partial charge on any atom is 0.278 e. The maximum absolute atomic E-state index is 12.6. The van der Waals surface area contributed by atoms with Gasteiger partial charge in [-0.3, -0.25) is 9.69 Å². The molecule has 0 saturated carbocycles. The monoisotopic (exact) mass is 360 g/mol. The Morgan fingerprint density at radius 3 is 2.52 bits per heavy atom. The molecule has 0 spiro atoms. The zero-order chi connectivity index (χ0) is 17.6. The number of hydrogen-bond acceptors (Lipinski definition) is 2. The van der Waals surface area contributed by atoms with E-state index in [1.807, 2.05) is 54.5 Å². The number of piperazine rings is 1. The first-order valence-corrected chi connectivity index (χ1v) is 9.05. The maximum atomic E-state index is 12.6. The number of hydrogen-bond donors (Lipinski definition) is 1. The fraction of sp³-hybridized carbons (Fsp3) is 0.368. The molecule has 1 saturated heterocycles. The van der Waals surface area contributed by atoms with Gasteiger partial charge < -0.3 is 9.80 Å². The molecule has 25 heavy (non-hydrogen) atoms. The van der Waals surface area contributed by atoms with Crippen molar-refractivity contribution < 1.29 is 14.7 Å². The molecule has 0 aliphatic carbocycles. The van der Waals surface area contributed by atoms with E-state index in [0.717, 1.165) is 54.0 Å². The molecule has 1 aliphatic heterocycles. The zero-order valence-electron chi connectivity index (χ0n) is 14.5. The number of amides is 1. The molecular formula is C19H25ClN4O+2. The molecule has 1 unspecified atom stereocenters. The van der Waals surface area contributed by atoms with Crippen LogP contribution in [0.4, 0.5) is 5.82 Å². The predicted molar refractivity (Wildman–Crippen MR) is 98.7 cm³/mol. The lowest BCUT2D eigenvalue weighted by Crippen LogP contribution is -3.09. The normalized spacial score (nSPS) is 15.9. The van der Waals surface area contributed by atoms with Gasteiger partial charge in [0.2, 0.25) is 0 Å². The third-order valence-corrected chi connectivity index (χ3v) is 4.94. The molecular weight excluding hydrogens is 336 g/mol. The SMILES string of the molecule is C[NH+](CC(=O)N1CCN(c2cccc[nH+]2)CC1)Cc1ccccc1Cl. The molecule has 6 heteroatoms. The molecule has 2 aromatic rings. The Hall–Kier alpha value is -2.11. The van der Waals surface area contributed by atoms with Gasteiger partial charge in [0, 0.05) is 16.7 Å². The van der Waals surface area contributed by atoms with Crippen LogP contribution in [0.25, 0.3) is 0 Å². The minimum Gasteiger partial charge on any atom is -0.330 e. The van der Waals surface area contributed by atoms with Crippen LogP contribution in [0, 0.1) is 0 Å². The first-order valence-electron chi connectivity index (χ1n) is 8.67. The van der Waals surface area contributed by atoms with Crippen LogP contribution in [0.1, 0.15) is 5.56 Å². The van der Waals surface area contributed by atoms with Gasteiger partial charge in [-0.1, -0.05) is 35.9 Å². The van der Waals surface area contributed by atoms with Crippen LogP contribution >= 0.6 is 11.6 Å². The molecule has 2 N–H and O–H groups in total. The Morgan fingerprint density at radius 1 is 1.12 bits per heavy atom. The number of aromatic amines is 1. The summed E-state index contributed by atoms with van der Waals surface area (Å²) >= 11 is 6.21. The number of rotatable bonds is 5. The van der Waals surface area contributed by atoms with E-state index in [2.05, 4.69) is 16.0 Å². The summed E-state index contributed by atoms with van der Waals surface area (Å²) in [6.07, 6.45) is 1.93. The van der Waals surface area contributed by atoms with E-state index in [-0.39, 0.29) is 5.91 Å². The van der Waals surface area contributed by atoms with E-state index in [1.165, 1.54) is 0 Å². The van der Waals surface area contributed by atoms with Crippen molar-refractivity contribution in [1.82, 2.24) is 4.90 Å². The molecule has 1 amide bonds. The molecule has 5 nitrogen and oxygen atoms in total. The molecule has 132 valence electrons. The first-order chi connectivity index (χ1) is 12.1. The standard InChI is InChI=1S/C19H23ClN4O/c1-22(14-16-6-2-3-7-17(16)20)15-19(25)24-12-10-23(11-13-24)18-8-4-5-9-21-18/h2-9H,10-15H2,1H3/p+2. The lowest BCUT2D eigenvalue weighted by molar-refractivity contribution is -0.885. The smallest absolute Gasteiger partial charge is 0.278 e. The van der Waals surface area contributed by atoms with Gasteiger partial charge in [-0.2, -0.15) is 0 Å². The first kappa shape index (κ1) is 17.7. The van der Waals surface area contributed by atoms with Crippen LogP contribution < -0.4 is 14.8 Å². The number of quaternary nitrogens is 1. The number of nitrogens with zero attached hydrogens (tertiary/aromatic N) is 2. The Bertz CT molecular complexity index is 702. The fourth-order valence-electron chi connectivity index (χ4n) is 3.18. The minimum absolute atomic E-state index is 0.209. The highest BCUT2D eigenvalue weighted by Gasteiger charge is 2.27. The quantitative estimate of drug-likeness (QED) is 0.844. The summed E-state index contributed by atoms with van der Waals surface area (Å²) in [7, 11) is 2.04. The largest absolute Gasteiger partial charge is 0.330 e. The number of likely N-dealkylation sites (N-methyl/N-ethyl adjacent to an activating group) is 1. The summed E-state index contributed by atoms with van der Waals surface area (Å²) in [5.74, 6) is 1.32. The average molecular weight is 361 g/mol. The molecule has 0 radical (unpaired) electrons. The van der Waals surface area contributed by atoms with Crippen molar-refractivity contribution in [3.05, 3.63) is 59.2 Å². The van der Waals surface area contributed by atoms with Crippen LogP contribution in [0.15, 0.2) is 48.7 Å². The summed E-state index contributed by atoms with van der Waals surface area (Å²) in [4.78, 5) is 21.2. The van der Waals surface area contributed by atoms with Crippen LogP contribution in [-0.4, -0.2) is 50.6 Å². The Balaban J connectivity index is 1.48. The molecule has 1 fully saturated rings. The topological polar surface area (TPSA) is 42.1 Å². The number of carbonyl (C=O) groups is 1. The lowest BCUT2D eigenvalue weighted by Gasteiger charge is -2.31. The van der Waals surface area contributed by atoms with Crippen molar-refractivity contribution in [2.75, 3.05) is 44.7 Å². The molecule has 1 aromatic heterocycles. The number of carbonyl (C=O) groups excluding carboxylic acids is 1. The van der Waals surface area contributed by atoms with Crippen LogP contribution in [0.5, 0.6) is 0 Å². The van der Waals surface area contributed by atoms with Gasteiger partial charge in [0.05, 0.1) is 26.3 Å². The van der Waals surface area contributed by atoms with E-state index < -0.39 is 0 Å². The van der Waals surface area contributed by atoms with E-state index in [9.17, 15) is 4.79 Å². The molecule has 3 rings (SSSR count). The van der Waals surface area contributed by atoms with E-state index in [0.29, 0.717) is 6.54 Å². The van der Waals surface area contributed by atoms with Gasteiger partial charge >= 0.3 is 0 Å². The highest BCUT2D eigenvalue weighted by atomic mass is 35.5. The number of anilines is 1. The van der Waals surface area contributed by atoms with Crippen LogP contribution in [0.3, 0.4) is 0 Å². The van der Waals surface area contributed by atoms with Crippen LogP contribution in [0.2, 0.25) is 5.02 Å². The van der Waals surface area contributed by atoms with E-state index in [1.54, 1.807) is 0 Å².